The van der Waals surface area contributed by atoms with Crippen LogP contribution in [0.2, 0.25) is 0 Å². The molecule has 0 aromatic heterocycles. The summed E-state index contributed by atoms with van der Waals surface area (Å²) in [7, 11) is 0. The molecule has 3 nitrogen and oxygen atoms in total. The fraction of sp³-hybridized carbons (Fsp3) is 0.800. The summed E-state index contributed by atoms with van der Waals surface area (Å²) in [4.78, 5) is 22.6. The molecule has 0 amide bonds. The average Bonchev–Trinajstić information content (AvgIpc) is 2.62. The van der Waals surface area contributed by atoms with Crippen LogP contribution in [0.4, 0.5) is 0 Å². The van der Waals surface area contributed by atoms with E-state index in [9.17, 15) is 9.59 Å². The van der Waals surface area contributed by atoms with Crippen LogP contribution in [-0.4, -0.2) is 16.9 Å². The Kier molecular flexibility index (Phi) is 1.90. The van der Waals surface area contributed by atoms with Gasteiger partial charge in [-0.15, -0.1) is 0 Å². The second-order valence-corrected chi connectivity index (χ2v) is 4.22. The highest BCUT2D eigenvalue weighted by atomic mass is 16.4. The summed E-state index contributed by atoms with van der Waals surface area (Å²) in [6.45, 7) is 0. The Bertz CT molecular complexity index is 255. The van der Waals surface area contributed by atoms with Crippen molar-refractivity contribution >= 4 is 11.8 Å². The lowest BCUT2D eigenvalue weighted by Crippen LogP contribution is -2.34. The van der Waals surface area contributed by atoms with Crippen LogP contribution in [0.3, 0.4) is 0 Å². The van der Waals surface area contributed by atoms with E-state index in [-0.39, 0.29) is 11.7 Å². The van der Waals surface area contributed by atoms with E-state index in [1.165, 1.54) is 0 Å². The molecule has 72 valence electrons. The molecule has 0 radical (unpaired) electrons. The number of ketones is 1. The molecule has 2 saturated carbocycles. The standard InChI is InChI=1S/C10H14O3/c11-8-4-2-6-10(8)5-1-3-7(10)9(12)13/h7H,1-6H2,(H,12,13). The predicted octanol–water partition coefficient (Wildman–Crippen LogP) is 1.61. The first kappa shape index (κ1) is 8.73. The molecule has 2 fully saturated rings. The Morgan fingerprint density at radius 1 is 1.38 bits per heavy atom. The Balaban J connectivity index is 2.29. The van der Waals surface area contributed by atoms with Gasteiger partial charge in [-0.2, -0.15) is 0 Å². The molecule has 0 aromatic carbocycles. The highest BCUT2D eigenvalue weighted by Crippen LogP contribution is 2.52. The molecule has 3 heteroatoms. The molecular weight excluding hydrogens is 168 g/mol. The number of aliphatic carboxylic acids is 1. The lowest BCUT2D eigenvalue weighted by atomic mass is 9.75. The van der Waals surface area contributed by atoms with E-state index in [4.69, 9.17) is 5.11 Å². The normalized spacial score (nSPS) is 38.8. The number of carbonyl (C=O) groups is 2. The zero-order chi connectivity index (χ0) is 9.47. The van der Waals surface area contributed by atoms with Crippen LogP contribution in [-0.2, 0) is 9.59 Å². The van der Waals surface area contributed by atoms with Crippen LogP contribution >= 0.6 is 0 Å². The summed E-state index contributed by atoms with van der Waals surface area (Å²) >= 11 is 0. The lowest BCUT2D eigenvalue weighted by molar-refractivity contribution is -0.149. The molecule has 2 aliphatic rings. The quantitative estimate of drug-likeness (QED) is 0.670. The minimum atomic E-state index is -0.771. The zero-order valence-electron chi connectivity index (χ0n) is 7.58. The van der Waals surface area contributed by atoms with Crippen LogP contribution in [0.1, 0.15) is 38.5 Å². The minimum Gasteiger partial charge on any atom is -0.481 e. The number of carbonyl (C=O) groups excluding carboxylic acids is 1. The van der Waals surface area contributed by atoms with Gasteiger partial charge in [-0.25, -0.2) is 0 Å². The van der Waals surface area contributed by atoms with Gasteiger partial charge in [0.05, 0.1) is 5.92 Å². The van der Waals surface area contributed by atoms with Crippen LogP contribution in [0, 0.1) is 11.3 Å². The molecule has 0 saturated heterocycles. The van der Waals surface area contributed by atoms with Crippen molar-refractivity contribution < 1.29 is 14.7 Å². The van der Waals surface area contributed by atoms with Crippen molar-refractivity contribution in [3.05, 3.63) is 0 Å². The van der Waals surface area contributed by atoms with Crippen molar-refractivity contribution in [1.82, 2.24) is 0 Å². The number of hydrogen-bond acceptors (Lipinski definition) is 2. The third kappa shape index (κ3) is 1.10. The monoisotopic (exact) mass is 182 g/mol. The van der Waals surface area contributed by atoms with Gasteiger partial charge in [0.1, 0.15) is 5.78 Å². The van der Waals surface area contributed by atoms with E-state index in [1.807, 2.05) is 0 Å². The highest BCUT2D eigenvalue weighted by molar-refractivity contribution is 5.92. The summed E-state index contributed by atoms with van der Waals surface area (Å²) in [6, 6.07) is 0. The Morgan fingerprint density at radius 2 is 2.08 bits per heavy atom. The van der Waals surface area contributed by atoms with Crippen LogP contribution < -0.4 is 0 Å². The van der Waals surface area contributed by atoms with Crippen molar-refractivity contribution in [2.75, 3.05) is 0 Å². The fourth-order valence-corrected chi connectivity index (χ4v) is 3.02. The number of Topliss-reactive ketones (excluding diaryl/α,β-unsaturated/α-hetero) is 1. The summed E-state index contributed by atoms with van der Waals surface area (Å²) < 4.78 is 0. The number of hydrogen-bond donors (Lipinski definition) is 1. The molecule has 2 unspecified atom stereocenters. The topological polar surface area (TPSA) is 54.4 Å². The summed E-state index contributed by atoms with van der Waals surface area (Å²) in [5.41, 5.74) is -0.453. The van der Waals surface area contributed by atoms with Crippen molar-refractivity contribution in [3.8, 4) is 0 Å². The van der Waals surface area contributed by atoms with Gasteiger partial charge >= 0.3 is 5.97 Å². The van der Waals surface area contributed by atoms with Crippen molar-refractivity contribution in [1.29, 1.82) is 0 Å². The summed E-state index contributed by atoms with van der Waals surface area (Å²) in [5.74, 6) is -0.951. The minimum absolute atomic E-state index is 0.206. The second kappa shape index (κ2) is 2.82. The third-order valence-electron chi connectivity index (χ3n) is 3.66. The van der Waals surface area contributed by atoms with Crippen LogP contribution in [0.15, 0.2) is 0 Å². The number of carboxylic acid groups (broad SMARTS) is 1. The van der Waals surface area contributed by atoms with Crippen LogP contribution in [0.5, 0.6) is 0 Å². The van der Waals surface area contributed by atoms with Gasteiger partial charge in [0.2, 0.25) is 0 Å². The second-order valence-electron chi connectivity index (χ2n) is 4.22. The van der Waals surface area contributed by atoms with Crippen molar-refractivity contribution in [2.24, 2.45) is 11.3 Å². The van der Waals surface area contributed by atoms with Crippen LogP contribution in [0.25, 0.3) is 0 Å². The molecule has 0 aromatic rings. The molecule has 1 N–H and O–H groups in total. The van der Waals surface area contributed by atoms with Crippen molar-refractivity contribution in [2.45, 2.75) is 38.5 Å². The third-order valence-corrected chi connectivity index (χ3v) is 3.66. The number of carboxylic acids is 1. The van der Waals surface area contributed by atoms with Gasteiger partial charge in [-0.05, 0) is 25.7 Å². The van der Waals surface area contributed by atoms with Gasteiger partial charge in [0, 0.05) is 11.8 Å². The predicted molar refractivity (Wildman–Crippen MR) is 46.3 cm³/mol. The molecule has 2 rings (SSSR count). The van der Waals surface area contributed by atoms with E-state index in [2.05, 4.69) is 0 Å². The van der Waals surface area contributed by atoms with E-state index in [0.717, 1.165) is 25.7 Å². The molecule has 0 bridgehead atoms. The smallest absolute Gasteiger partial charge is 0.307 e. The first-order chi connectivity index (χ1) is 6.17. The Morgan fingerprint density at radius 3 is 2.62 bits per heavy atom. The van der Waals surface area contributed by atoms with Crippen molar-refractivity contribution in [3.63, 3.8) is 0 Å². The zero-order valence-corrected chi connectivity index (χ0v) is 7.58. The Hall–Kier alpha value is -0.860. The van der Waals surface area contributed by atoms with Gasteiger partial charge in [0.15, 0.2) is 0 Å². The Labute approximate surface area is 77.1 Å². The SMILES string of the molecule is O=C(O)C1CCCC12CCCC2=O. The molecule has 2 aliphatic carbocycles. The maximum Gasteiger partial charge on any atom is 0.307 e. The average molecular weight is 182 g/mol. The molecule has 0 aliphatic heterocycles. The summed E-state index contributed by atoms with van der Waals surface area (Å²) in [5, 5.41) is 9.00. The molecule has 0 heterocycles. The van der Waals surface area contributed by atoms with E-state index < -0.39 is 11.4 Å². The van der Waals surface area contributed by atoms with E-state index in [0.29, 0.717) is 12.8 Å². The van der Waals surface area contributed by atoms with Gasteiger partial charge < -0.3 is 5.11 Å². The first-order valence-corrected chi connectivity index (χ1v) is 4.93. The van der Waals surface area contributed by atoms with Gasteiger partial charge in [-0.3, -0.25) is 9.59 Å². The fourth-order valence-electron chi connectivity index (χ4n) is 3.02. The van der Waals surface area contributed by atoms with Gasteiger partial charge in [-0.1, -0.05) is 6.42 Å². The first-order valence-electron chi connectivity index (χ1n) is 4.93. The molecule has 1 spiro atoms. The van der Waals surface area contributed by atoms with E-state index in [1.54, 1.807) is 0 Å². The maximum atomic E-state index is 11.6. The molecule has 2 atom stereocenters. The number of rotatable bonds is 1. The largest absolute Gasteiger partial charge is 0.481 e. The molecule has 13 heavy (non-hydrogen) atoms. The molecular formula is C10H14O3. The maximum absolute atomic E-state index is 11.6. The van der Waals surface area contributed by atoms with E-state index >= 15 is 0 Å². The van der Waals surface area contributed by atoms with Gasteiger partial charge in [0.25, 0.3) is 0 Å². The lowest BCUT2D eigenvalue weighted by Gasteiger charge is -2.25. The summed E-state index contributed by atoms with van der Waals surface area (Å²) in [6.07, 6.45) is 4.71. The highest BCUT2D eigenvalue weighted by Gasteiger charge is 2.53.